The molecule has 19 heavy (non-hydrogen) atoms. The van der Waals surface area contributed by atoms with Crippen LogP contribution in [-0.2, 0) is 6.42 Å². The molecule has 5 heteroatoms. The molecule has 0 aromatic heterocycles. The summed E-state index contributed by atoms with van der Waals surface area (Å²) in [5.74, 6) is 0.736. The SMILES string of the molecule is CNC(C)C1(Cc2cc([N+](=O)[O-])ccc2OC)CC1. The molecule has 5 nitrogen and oxygen atoms in total. The van der Waals surface area contributed by atoms with E-state index in [0.29, 0.717) is 6.04 Å². The Balaban J connectivity index is 2.28. The van der Waals surface area contributed by atoms with Crippen molar-refractivity contribution in [2.24, 2.45) is 5.41 Å². The summed E-state index contributed by atoms with van der Waals surface area (Å²) in [6.45, 7) is 2.16. The van der Waals surface area contributed by atoms with Crippen LogP contribution >= 0.6 is 0 Å². The van der Waals surface area contributed by atoms with Gasteiger partial charge in [-0.1, -0.05) is 0 Å². The van der Waals surface area contributed by atoms with Crippen LogP contribution in [0.4, 0.5) is 5.69 Å². The third kappa shape index (κ3) is 2.71. The molecule has 1 aliphatic rings. The monoisotopic (exact) mass is 264 g/mol. The highest BCUT2D eigenvalue weighted by Gasteiger charge is 2.47. The van der Waals surface area contributed by atoms with Gasteiger partial charge in [0.05, 0.1) is 12.0 Å². The van der Waals surface area contributed by atoms with Crippen molar-refractivity contribution in [3.05, 3.63) is 33.9 Å². The van der Waals surface area contributed by atoms with E-state index in [4.69, 9.17) is 4.74 Å². The summed E-state index contributed by atoms with van der Waals surface area (Å²) in [5, 5.41) is 14.2. The molecule has 0 amide bonds. The first-order valence-corrected chi connectivity index (χ1v) is 6.51. The van der Waals surface area contributed by atoms with Crippen molar-refractivity contribution >= 4 is 5.69 Å². The van der Waals surface area contributed by atoms with Gasteiger partial charge in [0.15, 0.2) is 0 Å². The summed E-state index contributed by atoms with van der Waals surface area (Å²) in [6.07, 6.45) is 3.13. The smallest absolute Gasteiger partial charge is 0.269 e. The number of hydrogen-bond donors (Lipinski definition) is 1. The average molecular weight is 264 g/mol. The molecule has 104 valence electrons. The van der Waals surface area contributed by atoms with Gasteiger partial charge in [0, 0.05) is 23.7 Å². The van der Waals surface area contributed by atoms with Crippen LogP contribution < -0.4 is 10.1 Å². The standard InChI is InChI=1S/C14H20N2O3/c1-10(15-2)14(6-7-14)9-11-8-12(16(17)18)4-5-13(11)19-3/h4-5,8,10,15H,6-7,9H2,1-3H3. The lowest BCUT2D eigenvalue weighted by molar-refractivity contribution is -0.384. The Morgan fingerprint density at radius 1 is 1.53 bits per heavy atom. The zero-order valence-electron chi connectivity index (χ0n) is 11.6. The molecular weight excluding hydrogens is 244 g/mol. The average Bonchev–Trinajstić information content (AvgIpc) is 3.18. The van der Waals surface area contributed by atoms with Crippen molar-refractivity contribution in [2.45, 2.75) is 32.2 Å². The molecule has 0 saturated heterocycles. The van der Waals surface area contributed by atoms with Crippen LogP contribution in [0.1, 0.15) is 25.3 Å². The molecule has 1 fully saturated rings. The van der Waals surface area contributed by atoms with Gasteiger partial charge < -0.3 is 10.1 Å². The zero-order valence-corrected chi connectivity index (χ0v) is 11.6. The Labute approximate surface area is 113 Å². The molecule has 0 aliphatic heterocycles. The van der Waals surface area contributed by atoms with Crippen molar-refractivity contribution in [1.82, 2.24) is 5.32 Å². The van der Waals surface area contributed by atoms with E-state index in [1.807, 2.05) is 7.05 Å². The molecule has 0 radical (unpaired) electrons. The van der Waals surface area contributed by atoms with Crippen LogP contribution in [0.2, 0.25) is 0 Å². The van der Waals surface area contributed by atoms with Crippen LogP contribution in [0.25, 0.3) is 0 Å². The Morgan fingerprint density at radius 3 is 2.68 bits per heavy atom. The Bertz CT molecular complexity index is 484. The van der Waals surface area contributed by atoms with E-state index in [1.54, 1.807) is 19.2 Å². The Morgan fingerprint density at radius 2 is 2.21 bits per heavy atom. The van der Waals surface area contributed by atoms with Crippen LogP contribution in [0.5, 0.6) is 5.75 Å². The Kier molecular flexibility index (Phi) is 3.75. The summed E-state index contributed by atoms with van der Waals surface area (Å²) >= 11 is 0. The number of nitro groups is 1. The van der Waals surface area contributed by atoms with Crippen LogP contribution in [0.15, 0.2) is 18.2 Å². The maximum absolute atomic E-state index is 10.9. The minimum Gasteiger partial charge on any atom is -0.496 e. The molecule has 1 aromatic rings. The third-order valence-corrected chi connectivity index (χ3v) is 4.26. The quantitative estimate of drug-likeness (QED) is 0.633. The highest BCUT2D eigenvalue weighted by Crippen LogP contribution is 2.52. The minimum atomic E-state index is -0.357. The fraction of sp³-hybridized carbons (Fsp3) is 0.571. The summed E-state index contributed by atoms with van der Waals surface area (Å²) in [6, 6.07) is 5.22. The second-order valence-corrected chi connectivity index (χ2v) is 5.30. The lowest BCUT2D eigenvalue weighted by atomic mass is 9.89. The van der Waals surface area contributed by atoms with Gasteiger partial charge in [0.25, 0.3) is 5.69 Å². The number of methoxy groups -OCH3 is 1. The zero-order chi connectivity index (χ0) is 14.0. The second kappa shape index (κ2) is 5.17. The summed E-state index contributed by atoms with van der Waals surface area (Å²) in [5.41, 5.74) is 1.28. The number of nitrogens with zero attached hydrogens (tertiary/aromatic N) is 1. The van der Waals surface area contributed by atoms with Crippen LogP contribution in [0, 0.1) is 15.5 Å². The van der Waals surface area contributed by atoms with Gasteiger partial charge in [0.2, 0.25) is 0 Å². The van der Waals surface area contributed by atoms with E-state index < -0.39 is 0 Å². The van der Waals surface area contributed by atoms with E-state index in [2.05, 4.69) is 12.2 Å². The summed E-state index contributed by atoms with van der Waals surface area (Å²) < 4.78 is 5.32. The number of hydrogen-bond acceptors (Lipinski definition) is 4. The highest BCUT2D eigenvalue weighted by atomic mass is 16.6. The number of nitro benzene ring substituents is 1. The summed E-state index contributed by atoms with van der Waals surface area (Å²) in [7, 11) is 3.56. The molecule has 2 rings (SSSR count). The molecule has 0 bridgehead atoms. The van der Waals surface area contributed by atoms with Gasteiger partial charge in [0.1, 0.15) is 5.75 Å². The predicted molar refractivity (Wildman–Crippen MR) is 73.5 cm³/mol. The van der Waals surface area contributed by atoms with Gasteiger partial charge in [-0.05, 0) is 44.7 Å². The van der Waals surface area contributed by atoms with Gasteiger partial charge in [-0.15, -0.1) is 0 Å². The number of rotatable bonds is 6. The molecule has 1 aromatic carbocycles. The van der Waals surface area contributed by atoms with Gasteiger partial charge in [-0.2, -0.15) is 0 Å². The normalized spacial score (nSPS) is 17.8. The van der Waals surface area contributed by atoms with E-state index in [1.165, 1.54) is 6.07 Å². The van der Waals surface area contributed by atoms with Crippen LogP contribution in [-0.4, -0.2) is 25.1 Å². The maximum Gasteiger partial charge on any atom is 0.269 e. The molecular formula is C14H20N2O3. The van der Waals surface area contributed by atoms with Crippen molar-refractivity contribution in [3.8, 4) is 5.75 Å². The number of nitrogens with one attached hydrogen (secondary N) is 1. The molecule has 1 N–H and O–H groups in total. The largest absolute Gasteiger partial charge is 0.496 e. The number of ether oxygens (including phenoxy) is 1. The van der Waals surface area contributed by atoms with E-state index in [9.17, 15) is 10.1 Å². The van der Waals surface area contributed by atoms with Crippen molar-refractivity contribution in [3.63, 3.8) is 0 Å². The first-order valence-electron chi connectivity index (χ1n) is 6.51. The van der Waals surface area contributed by atoms with E-state index >= 15 is 0 Å². The first-order chi connectivity index (χ1) is 9.02. The Hall–Kier alpha value is -1.62. The van der Waals surface area contributed by atoms with Gasteiger partial charge in [-0.25, -0.2) is 0 Å². The van der Waals surface area contributed by atoms with Gasteiger partial charge in [-0.3, -0.25) is 10.1 Å². The van der Waals surface area contributed by atoms with E-state index in [0.717, 1.165) is 30.6 Å². The molecule has 1 atom stereocenters. The molecule has 0 heterocycles. The lowest BCUT2D eigenvalue weighted by Crippen LogP contribution is -2.33. The summed E-state index contributed by atoms with van der Waals surface area (Å²) in [4.78, 5) is 10.5. The van der Waals surface area contributed by atoms with Crippen LogP contribution in [0.3, 0.4) is 0 Å². The molecule has 1 unspecified atom stereocenters. The fourth-order valence-corrected chi connectivity index (χ4v) is 2.63. The number of non-ortho nitro benzene ring substituents is 1. The van der Waals surface area contributed by atoms with E-state index in [-0.39, 0.29) is 16.0 Å². The van der Waals surface area contributed by atoms with Crippen molar-refractivity contribution in [2.75, 3.05) is 14.2 Å². The molecule has 0 spiro atoms. The topological polar surface area (TPSA) is 64.4 Å². The fourth-order valence-electron chi connectivity index (χ4n) is 2.63. The highest BCUT2D eigenvalue weighted by molar-refractivity contribution is 5.44. The first kappa shape index (κ1) is 13.8. The second-order valence-electron chi connectivity index (χ2n) is 5.30. The lowest BCUT2D eigenvalue weighted by Gasteiger charge is -2.23. The number of benzene rings is 1. The minimum absolute atomic E-state index is 0.128. The van der Waals surface area contributed by atoms with Gasteiger partial charge >= 0.3 is 0 Å². The molecule has 1 aliphatic carbocycles. The third-order valence-electron chi connectivity index (χ3n) is 4.26. The molecule has 1 saturated carbocycles. The predicted octanol–water partition coefficient (Wildman–Crippen LogP) is 2.53. The van der Waals surface area contributed by atoms with Crippen molar-refractivity contribution < 1.29 is 9.66 Å². The van der Waals surface area contributed by atoms with Crippen molar-refractivity contribution in [1.29, 1.82) is 0 Å². The maximum atomic E-state index is 10.9.